The van der Waals surface area contributed by atoms with Crippen molar-refractivity contribution in [3.8, 4) is 0 Å². The van der Waals surface area contributed by atoms with Gasteiger partial charge in [0.25, 0.3) is 0 Å². The summed E-state index contributed by atoms with van der Waals surface area (Å²) in [5, 5.41) is 92.5. The molecule has 21 atom stereocenters. The van der Waals surface area contributed by atoms with Crippen LogP contribution in [0.1, 0.15) is 156 Å². The van der Waals surface area contributed by atoms with Crippen LogP contribution in [0.15, 0.2) is 0 Å². The molecule has 648 valence electrons. The van der Waals surface area contributed by atoms with Crippen LogP contribution in [0.2, 0.25) is 0 Å². The van der Waals surface area contributed by atoms with Crippen LogP contribution in [0.25, 0.3) is 0 Å². The van der Waals surface area contributed by atoms with Gasteiger partial charge < -0.3 is 123 Å². The second-order valence-electron chi connectivity index (χ2n) is 27.8. The van der Waals surface area contributed by atoms with Gasteiger partial charge >= 0.3 is 31.3 Å². The van der Waals surface area contributed by atoms with Crippen molar-refractivity contribution in [2.24, 2.45) is 29.1 Å². The van der Waals surface area contributed by atoms with Crippen molar-refractivity contribution >= 4 is 37.2 Å². The van der Waals surface area contributed by atoms with Gasteiger partial charge in [-0.3, -0.25) is 41.0 Å². The minimum atomic E-state index is -4.81. The molecule has 0 bridgehead atoms. The lowest BCUT2D eigenvalue weighted by molar-refractivity contribution is -0.282. The Hall–Kier alpha value is -0.890. The van der Waals surface area contributed by atoms with Crippen molar-refractivity contribution in [2.75, 3.05) is 166 Å². The number of aliphatic hydroxyl groups excluding tert-OH is 9. The molecule has 0 radical (unpaired) electrons. The summed E-state index contributed by atoms with van der Waals surface area (Å²) in [4.78, 5) is 54.1. The smallest absolute Gasteiger partial charge is 0.396 e. The van der Waals surface area contributed by atoms with E-state index in [0.717, 1.165) is 0 Å². The molecule has 0 aromatic heterocycles. The molecule has 0 saturated carbocycles. The van der Waals surface area contributed by atoms with Gasteiger partial charge in [0.2, 0.25) is 5.91 Å². The van der Waals surface area contributed by atoms with Gasteiger partial charge in [0.15, 0.2) is 18.9 Å². The first kappa shape index (κ1) is 102. The fourth-order valence-corrected chi connectivity index (χ4v) is 14.9. The molecule has 14 N–H and O–H groups in total. The maximum Gasteiger partial charge on any atom is 0.472 e. The normalized spacial score (nSPS) is 27.9. The quantitative estimate of drug-likeness (QED) is 0.0302. The van der Waals surface area contributed by atoms with Crippen LogP contribution in [0.5, 0.6) is 0 Å². The molecular weight excluding hydrogens is 1530 g/mol. The van der Waals surface area contributed by atoms with Crippen LogP contribution in [-0.2, 0) is 111 Å². The highest BCUT2D eigenvalue weighted by atomic mass is 31.2. The van der Waals surface area contributed by atoms with E-state index in [4.69, 9.17) is 88.3 Å². The van der Waals surface area contributed by atoms with Gasteiger partial charge in [-0.1, -0.05) is 72.1 Å². The lowest BCUT2D eigenvalue weighted by Crippen LogP contribution is -2.64. The summed E-state index contributed by atoms with van der Waals surface area (Å²) in [7, 11) is -16.8. The minimum Gasteiger partial charge on any atom is -0.396 e. The first-order valence-corrected chi connectivity index (χ1v) is 44.2. The number of aliphatic hydroxyl groups is 9. The van der Waals surface area contributed by atoms with E-state index >= 15 is 0 Å². The van der Waals surface area contributed by atoms with Gasteiger partial charge in [-0.2, -0.15) is 0 Å². The molecule has 38 nitrogen and oxygen atoms in total. The third kappa shape index (κ3) is 43.9. The lowest BCUT2D eigenvalue weighted by atomic mass is 9.85. The van der Waals surface area contributed by atoms with Crippen LogP contribution in [-0.4, -0.2) is 311 Å². The second-order valence-corrected chi connectivity index (χ2v) is 33.6. The monoisotopic (exact) mass is 1670 g/mol. The highest BCUT2D eigenvalue weighted by molar-refractivity contribution is 7.48. The predicted octanol–water partition coefficient (Wildman–Crippen LogP) is 4.05. The van der Waals surface area contributed by atoms with E-state index in [1.807, 2.05) is 13.8 Å². The number of rotatable bonds is 69. The average Bonchev–Trinajstić information content (AvgIpc) is 0.809. The summed E-state index contributed by atoms with van der Waals surface area (Å²) >= 11 is 0. The zero-order chi connectivity index (χ0) is 80.6. The van der Waals surface area contributed by atoms with Gasteiger partial charge in [0, 0.05) is 91.2 Å². The standard InChI is InChI=1S/C67H133NO37P4/c1-50-51(2)64(103-55(42-70)59(50)74)92-31-14-6-9-17-34-95-106(79,80)99-38-22-28-89-46-67(49-102-109(85,86)98-37-20-12-13-25-54(41-69)45-88-27-21-26-87-5,47-90-29-23-39-100-107(81,82)96-35-18-10-7-15-32-93-65-52(3)60(75)61(76)56(43-71)104-65)48-91-30-24-40-101-108(83,84)97-36-19-11-8-16-33-94-66-58(68-53(4)73)63(78)62(77)57(44-72)105-66/h50-52,54-66,69-72,74-78H,6-49H2,1-5H3,(H,68,73)(H,79,80)(H,81,82)(H,83,84)(H,85,86)/t50-,51?,52?,54?,55?,56?,57?,58?,59-,60-,61+,62+,63-,64-,65-,66-,67?/m1/s1. The maximum atomic E-state index is 13.6. The molecule has 3 fully saturated rings. The van der Waals surface area contributed by atoms with Crippen LogP contribution >= 0.6 is 31.3 Å². The van der Waals surface area contributed by atoms with Crippen LogP contribution in [0.4, 0.5) is 0 Å². The Balaban J connectivity index is 1.60. The van der Waals surface area contributed by atoms with Crippen molar-refractivity contribution in [1.82, 2.24) is 5.32 Å². The lowest BCUT2D eigenvalue weighted by Gasteiger charge is -2.42. The molecule has 0 aliphatic carbocycles. The third-order valence-electron chi connectivity index (χ3n) is 18.4. The summed E-state index contributed by atoms with van der Waals surface area (Å²) in [5.74, 6) is -1.37. The Labute approximate surface area is 641 Å². The van der Waals surface area contributed by atoms with Gasteiger partial charge in [0.05, 0.1) is 117 Å². The first-order valence-electron chi connectivity index (χ1n) is 38.2. The largest absolute Gasteiger partial charge is 0.472 e. The number of phosphoric ester groups is 4. The number of carbonyl (C=O) groups excluding carboxylic acids is 1. The predicted molar refractivity (Wildman–Crippen MR) is 388 cm³/mol. The van der Waals surface area contributed by atoms with Crippen molar-refractivity contribution in [3.63, 3.8) is 0 Å². The fraction of sp³-hybridized carbons (Fsp3) is 0.985. The number of unbranched alkanes of at least 4 members (excludes halogenated alkanes) is 11. The van der Waals surface area contributed by atoms with E-state index in [1.165, 1.54) is 6.92 Å². The van der Waals surface area contributed by atoms with E-state index in [0.29, 0.717) is 136 Å². The molecule has 0 spiro atoms. The van der Waals surface area contributed by atoms with Crippen molar-refractivity contribution < 1.29 is 177 Å². The van der Waals surface area contributed by atoms with Gasteiger partial charge in [-0.05, 0) is 83.0 Å². The topological polar surface area (TPSA) is 536 Å². The Morgan fingerprint density at radius 1 is 0.385 bits per heavy atom. The molecule has 1 amide bonds. The van der Waals surface area contributed by atoms with Crippen molar-refractivity contribution in [1.29, 1.82) is 0 Å². The zero-order valence-corrected chi connectivity index (χ0v) is 67.8. The second kappa shape index (κ2) is 58.1. The molecule has 3 rings (SSSR count). The molecular formula is C67H133NO37P4. The number of ether oxygens (including phenoxy) is 11. The van der Waals surface area contributed by atoms with Crippen LogP contribution in [0.3, 0.4) is 0 Å². The number of methoxy groups -OCH3 is 1. The average molecular weight is 1670 g/mol. The van der Waals surface area contributed by atoms with Gasteiger partial charge in [0.1, 0.15) is 42.7 Å². The summed E-state index contributed by atoms with van der Waals surface area (Å²) in [5.41, 5.74) is -1.45. The van der Waals surface area contributed by atoms with Crippen LogP contribution < -0.4 is 5.32 Å². The number of amides is 1. The molecule has 109 heavy (non-hydrogen) atoms. The molecule has 0 aromatic rings. The van der Waals surface area contributed by atoms with Crippen molar-refractivity contribution in [3.05, 3.63) is 0 Å². The van der Waals surface area contributed by atoms with Gasteiger partial charge in [-0.25, -0.2) is 18.3 Å². The van der Waals surface area contributed by atoms with E-state index in [9.17, 15) is 88.6 Å². The Morgan fingerprint density at radius 3 is 1.13 bits per heavy atom. The third-order valence-corrected chi connectivity index (χ3v) is 22.4. The van der Waals surface area contributed by atoms with E-state index in [1.54, 1.807) is 14.0 Å². The SMILES string of the molecule is COCCCOCC(CO)CCCCCOP(=O)(O)OCC(COCCCOP(=O)(O)OCCCCCCO[C@@H]1OC(CO)[C@H](O)[C@H](C)C1C)(COCCCOP(=O)(O)OCCCCCCO[C@@H]1OC(CO)[C@H](O)[C@H](O)C1C)COCCCOP(=O)(O)OCCCCCCO[C@@H]1OC(CO)[C@H](O)[C@H](O)C1NC(C)=O. The number of phosphoric acid groups is 4. The maximum absolute atomic E-state index is 13.6. The Kier molecular flexibility index (Phi) is 54.5. The van der Waals surface area contributed by atoms with Crippen LogP contribution in [0, 0.1) is 29.1 Å². The number of hydrogen-bond acceptors (Lipinski definition) is 33. The first-order chi connectivity index (χ1) is 52.0. The Bertz CT molecular complexity index is 2430. The molecule has 3 heterocycles. The highest BCUT2D eigenvalue weighted by Gasteiger charge is 2.46. The van der Waals surface area contributed by atoms with Gasteiger partial charge in [-0.15, -0.1) is 0 Å². The molecule has 3 saturated heterocycles. The molecule has 3 aliphatic heterocycles. The fourth-order valence-electron chi connectivity index (χ4n) is 11.6. The highest BCUT2D eigenvalue weighted by Crippen LogP contribution is 2.47. The zero-order valence-electron chi connectivity index (χ0n) is 64.3. The van der Waals surface area contributed by atoms with E-state index in [2.05, 4.69) is 5.32 Å². The number of hydrogen-bond donors (Lipinski definition) is 14. The van der Waals surface area contributed by atoms with E-state index < -0.39 is 142 Å². The Morgan fingerprint density at radius 2 is 0.725 bits per heavy atom. The summed E-state index contributed by atoms with van der Waals surface area (Å²) in [6.45, 7) is 4.03. The molecule has 0 aromatic carbocycles. The minimum absolute atomic E-state index is 0.0274. The molecule has 42 heteroatoms. The van der Waals surface area contributed by atoms with Crippen molar-refractivity contribution in [2.45, 2.75) is 230 Å². The molecule has 3 aliphatic rings. The summed E-state index contributed by atoms with van der Waals surface area (Å²) in [6.07, 6.45) is -1.85. The molecule has 12 unspecified atom stereocenters. The van der Waals surface area contributed by atoms with E-state index in [-0.39, 0.29) is 149 Å². The number of carbonyl (C=O) groups is 1. The number of nitrogens with one attached hydrogen (secondary N) is 1. The summed E-state index contributed by atoms with van der Waals surface area (Å²) < 4.78 is 157. The summed E-state index contributed by atoms with van der Waals surface area (Å²) in [6, 6.07) is -1.09.